The Labute approximate surface area is 352 Å². The maximum Gasteiger partial charge on any atom is 3.00 e. The minimum Gasteiger partial charge on any atom is -0.656 e. The summed E-state index contributed by atoms with van der Waals surface area (Å²) >= 11 is 0. The molecular weight excluding hydrogens is 776 g/mol. The van der Waals surface area contributed by atoms with Crippen molar-refractivity contribution in [1.82, 2.24) is 19.9 Å². The number of nitrogens with zero attached hydrogens (tertiary/aromatic N) is 8. The van der Waals surface area contributed by atoms with Crippen LogP contribution in [-0.2, 0) is 36.7 Å². The van der Waals surface area contributed by atoms with Gasteiger partial charge in [-0.1, -0.05) is 28.9 Å². The average Bonchev–Trinajstić information content (AvgIpc) is 4.09. The average molecular weight is 820 g/mol. The van der Waals surface area contributed by atoms with Crippen molar-refractivity contribution in [2.75, 3.05) is 25.5 Å². The van der Waals surface area contributed by atoms with Gasteiger partial charge in [0.05, 0.1) is 64.7 Å². The predicted octanol–water partition coefficient (Wildman–Crippen LogP) is 3.32. The van der Waals surface area contributed by atoms with Crippen molar-refractivity contribution in [3.05, 3.63) is 145 Å². The first-order valence-electron chi connectivity index (χ1n) is 19.4. The molecule has 0 spiro atoms. The second kappa shape index (κ2) is 17.1. The molecule has 0 fully saturated rings. The quantitative estimate of drug-likeness (QED) is 0.0925. The van der Waals surface area contributed by atoms with E-state index in [2.05, 4.69) is 56.2 Å². The second-order valence-corrected chi connectivity index (χ2v) is 14.1. The van der Waals surface area contributed by atoms with Gasteiger partial charge in [0.1, 0.15) is 0 Å². The van der Waals surface area contributed by atoms with Gasteiger partial charge in [0, 0.05) is 48.5 Å². The largest absolute Gasteiger partial charge is 3.00 e. The third kappa shape index (κ3) is 7.38. The van der Waals surface area contributed by atoms with Crippen LogP contribution < -0.4 is 51.4 Å². The van der Waals surface area contributed by atoms with Crippen LogP contribution in [0.4, 0.5) is 0 Å². The molecule has 2 aliphatic rings. The fraction of sp³-hybridized carbons (Fsp3) is 0.130. The van der Waals surface area contributed by atoms with E-state index < -0.39 is 0 Å². The number of hydrogen-bond acceptors (Lipinski definition) is 6. The van der Waals surface area contributed by atoms with Crippen LogP contribution in [0.2, 0.25) is 0 Å². The van der Waals surface area contributed by atoms with Crippen molar-refractivity contribution in [2.24, 2.45) is 17.2 Å². The number of hydrogen-bond donors (Lipinski definition) is 4. The van der Waals surface area contributed by atoms with Gasteiger partial charge in [0.2, 0.25) is 22.8 Å². The fourth-order valence-electron chi connectivity index (χ4n) is 7.92. The first kappa shape index (κ1) is 39.2. The van der Waals surface area contributed by atoms with Crippen LogP contribution >= 0.6 is 0 Å². The van der Waals surface area contributed by atoms with Crippen molar-refractivity contribution in [3.8, 4) is 45.0 Å². The van der Waals surface area contributed by atoms with E-state index in [-0.39, 0.29) is 17.1 Å². The molecular formula is C46H44MnN12+5. The van der Waals surface area contributed by atoms with Gasteiger partial charge < -0.3 is 27.2 Å². The molecule has 0 amide bonds. The number of aromatic nitrogens is 8. The van der Waals surface area contributed by atoms with Crippen LogP contribution in [0.1, 0.15) is 22.8 Å². The number of pyridine rings is 4. The molecule has 0 aromatic carbocycles. The minimum atomic E-state index is 0. The molecule has 8 N–H and O–H groups in total. The van der Waals surface area contributed by atoms with Crippen molar-refractivity contribution >= 4 is 46.4 Å². The van der Waals surface area contributed by atoms with Crippen molar-refractivity contribution in [1.29, 1.82) is 0 Å². The zero-order chi connectivity index (χ0) is 39.6. The molecule has 0 unspecified atom stereocenters. The third-order valence-electron chi connectivity index (χ3n) is 10.5. The van der Waals surface area contributed by atoms with Gasteiger partial charge in [-0.15, -0.1) is 22.1 Å². The minimum absolute atomic E-state index is 0. The number of rotatable bonds is 10. The Balaban J connectivity index is 0.00000484. The second-order valence-electron chi connectivity index (χ2n) is 14.1. The standard InChI is InChI=1S/C46H43N12.Mn/c47-21-28-55-24-5-1-9-39(55)43-31-13-15-33(51-31)44(40-10-2-6-25-56(40)29-22-48)35-17-19-37(53-35)46(42-12-4-8-27-58(42)50)38-20-18-36(54-38)45(34-16-14-32(43)52-34)41-11-3-7-26-57(41)30-23-49;/h1-20,24-27H,21-23,28-30,47-49H2,(H-2,50,51,52,53,54);/q+1;+3/p+1. The molecule has 8 bridgehead atoms. The Morgan fingerprint density at radius 1 is 0.407 bits per heavy atom. The first-order chi connectivity index (χ1) is 28.6. The molecule has 12 nitrogen and oxygen atoms in total. The third-order valence-corrected chi connectivity index (χ3v) is 10.5. The summed E-state index contributed by atoms with van der Waals surface area (Å²) in [6.07, 6.45) is 16.2. The van der Waals surface area contributed by atoms with E-state index >= 15 is 0 Å². The molecule has 0 saturated heterocycles. The van der Waals surface area contributed by atoms with E-state index in [1.165, 1.54) is 0 Å². The molecule has 7 aromatic rings. The maximum atomic E-state index is 6.65. The summed E-state index contributed by atoms with van der Waals surface area (Å²) in [5.74, 6) is 6.65. The van der Waals surface area contributed by atoms with E-state index in [9.17, 15) is 0 Å². The zero-order valence-electron chi connectivity index (χ0n) is 32.4. The fourth-order valence-corrected chi connectivity index (χ4v) is 7.92. The summed E-state index contributed by atoms with van der Waals surface area (Å²) in [7, 11) is 0. The normalized spacial score (nSPS) is 11.8. The Hall–Kier alpha value is -6.60. The van der Waals surface area contributed by atoms with Gasteiger partial charge in [-0.2, -0.15) is 13.7 Å². The number of nitrogens with two attached hydrogens (primary N) is 4. The van der Waals surface area contributed by atoms with Gasteiger partial charge in [-0.3, -0.25) is 0 Å². The van der Waals surface area contributed by atoms with Gasteiger partial charge in [-0.05, 0) is 48.6 Å². The topological polar surface area (TPSA) is 174 Å². The monoisotopic (exact) mass is 819 g/mol. The summed E-state index contributed by atoms with van der Waals surface area (Å²) in [5, 5.41) is 0. The van der Waals surface area contributed by atoms with Crippen LogP contribution in [0, 0.1) is 0 Å². The van der Waals surface area contributed by atoms with Crippen LogP contribution in [0.5, 0.6) is 0 Å². The molecule has 0 radical (unpaired) electrons. The van der Waals surface area contributed by atoms with E-state index in [4.69, 9.17) is 43.0 Å². The molecule has 59 heavy (non-hydrogen) atoms. The van der Waals surface area contributed by atoms with Gasteiger partial charge in [0.15, 0.2) is 44.4 Å². The summed E-state index contributed by atoms with van der Waals surface area (Å²) in [4.78, 5) is 21.6. The summed E-state index contributed by atoms with van der Waals surface area (Å²) in [6.45, 7) is 3.24. The molecule has 0 atom stereocenters. The Morgan fingerprint density at radius 2 is 0.712 bits per heavy atom. The van der Waals surface area contributed by atoms with Gasteiger partial charge in [0.25, 0.3) is 0 Å². The molecule has 2 aliphatic heterocycles. The van der Waals surface area contributed by atoms with Crippen LogP contribution in [0.15, 0.2) is 122 Å². The van der Waals surface area contributed by atoms with E-state index in [1.54, 1.807) is 4.68 Å². The van der Waals surface area contributed by atoms with Crippen LogP contribution in [-0.4, -0.2) is 29.6 Å². The Bertz CT molecular complexity index is 2880. The van der Waals surface area contributed by atoms with Crippen molar-refractivity contribution in [3.63, 3.8) is 0 Å². The number of fused-ring (bicyclic) bond motifs is 8. The first-order valence-corrected chi connectivity index (χ1v) is 19.4. The number of nitrogen functional groups attached to an aromatic ring is 1. The smallest absolute Gasteiger partial charge is 0.656 e. The van der Waals surface area contributed by atoms with Crippen LogP contribution in [0.25, 0.3) is 91.4 Å². The molecule has 290 valence electrons. The molecule has 9 rings (SSSR count). The Kier molecular flexibility index (Phi) is 11.4. The molecule has 0 aliphatic carbocycles. The zero-order valence-corrected chi connectivity index (χ0v) is 33.5. The SMILES string of the molecule is NCC[n+]1ccccc1-c1c2nc(c(-c3cccc[n+]3CCN)c3ccc([n-]3)c(-c3cccc[n+]3CCN)c3nc(c(-c4cccc[n+]4N)c4ccc1[n-]4)C=C3)C=C2.[Mn+3]. The van der Waals surface area contributed by atoms with E-state index in [0.717, 1.165) is 89.9 Å². The van der Waals surface area contributed by atoms with Gasteiger partial charge in [-0.25, -0.2) is 15.8 Å². The van der Waals surface area contributed by atoms with Crippen LogP contribution in [0.3, 0.4) is 0 Å². The molecule has 0 saturated carbocycles. The van der Waals surface area contributed by atoms with Gasteiger partial charge >= 0.3 is 17.1 Å². The summed E-state index contributed by atoms with van der Waals surface area (Å²) in [6, 6.07) is 32.5. The van der Waals surface area contributed by atoms with E-state index in [1.807, 2.05) is 104 Å². The molecule has 13 heteroatoms. The molecule has 7 aromatic heterocycles. The summed E-state index contributed by atoms with van der Waals surface area (Å²) in [5.41, 5.74) is 31.4. The van der Waals surface area contributed by atoms with E-state index in [0.29, 0.717) is 39.3 Å². The maximum absolute atomic E-state index is 6.65. The predicted molar refractivity (Wildman–Crippen MR) is 227 cm³/mol. The van der Waals surface area contributed by atoms with Crippen molar-refractivity contribution in [2.45, 2.75) is 19.6 Å². The summed E-state index contributed by atoms with van der Waals surface area (Å²) < 4.78 is 8.07. The molecule has 9 heterocycles. The Morgan fingerprint density at radius 3 is 1.03 bits per heavy atom. The van der Waals surface area contributed by atoms with Crippen molar-refractivity contribution < 1.29 is 35.4 Å².